The number of piperazine rings is 1. The van der Waals surface area contributed by atoms with Crippen LogP contribution in [0.1, 0.15) is 73.5 Å². The molecule has 2 aromatic heterocycles. The van der Waals surface area contributed by atoms with Crippen molar-refractivity contribution in [1.82, 2.24) is 45.4 Å². The number of hydrogen-bond acceptors (Lipinski definition) is 8. The van der Waals surface area contributed by atoms with E-state index in [0.29, 0.717) is 57.2 Å². The molecule has 0 spiro atoms. The maximum atomic E-state index is 14.1. The summed E-state index contributed by atoms with van der Waals surface area (Å²) < 4.78 is 1.68. The predicted molar refractivity (Wildman–Crippen MR) is 162 cm³/mol. The van der Waals surface area contributed by atoms with Gasteiger partial charge in [0.2, 0.25) is 17.7 Å². The van der Waals surface area contributed by atoms with Crippen LogP contribution in [0.15, 0.2) is 48.9 Å². The van der Waals surface area contributed by atoms with E-state index < -0.39 is 12.1 Å². The van der Waals surface area contributed by atoms with Crippen LogP contribution in [0.5, 0.6) is 0 Å². The van der Waals surface area contributed by atoms with E-state index in [1.54, 1.807) is 15.8 Å². The summed E-state index contributed by atoms with van der Waals surface area (Å²) in [5.41, 5.74) is 2.54. The molecule has 1 aliphatic carbocycles. The molecule has 3 aliphatic rings. The third-order valence-corrected chi connectivity index (χ3v) is 8.89. The van der Waals surface area contributed by atoms with Crippen LogP contribution < -0.4 is 10.6 Å². The molecule has 1 aromatic carbocycles. The van der Waals surface area contributed by atoms with E-state index in [-0.39, 0.29) is 30.7 Å². The summed E-state index contributed by atoms with van der Waals surface area (Å²) in [4.78, 5) is 54.0. The van der Waals surface area contributed by atoms with E-state index in [9.17, 15) is 14.4 Å². The Bertz CT molecular complexity index is 1420. The summed E-state index contributed by atoms with van der Waals surface area (Å²) >= 11 is 0. The lowest BCUT2D eigenvalue weighted by atomic mass is 9.89. The Morgan fingerprint density at radius 1 is 0.886 bits per heavy atom. The van der Waals surface area contributed by atoms with Crippen LogP contribution in [0.4, 0.5) is 0 Å². The maximum Gasteiger partial charge on any atom is 0.246 e. The van der Waals surface area contributed by atoms with Crippen molar-refractivity contribution in [3.05, 3.63) is 71.6 Å². The maximum absolute atomic E-state index is 14.1. The van der Waals surface area contributed by atoms with Crippen molar-refractivity contribution >= 4 is 17.7 Å². The van der Waals surface area contributed by atoms with Crippen molar-refractivity contribution in [2.75, 3.05) is 19.6 Å². The molecule has 2 bridgehead atoms. The van der Waals surface area contributed by atoms with Crippen LogP contribution >= 0.6 is 0 Å². The van der Waals surface area contributed by atoms with Gasteiger partial charge in [-0.05, 0) is 24.8 Å². The topological polar surface area (TPSA) is 138 Å². The number of aryl methyl sites for hydroxylation is 1. The molecule has 3 aromatic rings. The van der Waals surface area contributed by atoms with Gasteiger partial charge in [-0.2, -0.15) is 0 Å². The molecule has 1 saturated heterocycles. The van der Waals surface area contributed by atoms with Gasteiger partial charge >= 0.3 is 0 Å². The molecule has 0 unspecified atom stereocenters. The second kappa shape index (κ2) is 14.1. The number of benzene rings is 1. The quantitative estimate of drug-likeness (QED) is 0.454. The molecule has 2 aliphatic heterocycles. The fourth-order valence-corrected chi connectivity index (χ4v) is 6.49. The molecule has 2 fully saturated rings. The first-order chi connectivity index (χ1) is 21.5. The third-order valence-electron chi connectivity index (χ3n) is 8.89. The number of carbonyl (C=O) groups excluding carboxylic acids is 3. The Morgan fingerprint density at radius 2 is 1.68 bits per heavy atom. The summed E-state index contributed by atoms with van der Waals surface area (Å²) in [6, 6.07) is 8.12. The molecule has 3 amide bonds. The van der Waals surface area contributed by atoms with Crippen LogP contribution in [-0.2, 0) is 40.4 Å². The second-order valence-electron chi connectivity index (χ2n) is 12.2. The minimum atomic E-state index is -0.782. The van der Waals surface area contributed by atoms with Gasteiger partial charge in [-0.1, -0.05) is 54.8 Å². The molecule has 2 N–H and O–H groups in total. The van der Waals surface area contributed by atoms with Gasteiger partial charge in [0.25, 0.3) is 0 Å². The number of hydrogen-bond donors (Lipinski definition) is 2. The first-order valence-corrected chi connectivity index (χ1v) is 15.9. The molecule has 4 heterocycles. The Labute approximate surface area is 257 Å². The lowest BCUT2D eigenvalue weighted by molar-refractivity contribution is -0.146. The van der Waals surface area contributed by atoms with E-state index in [4.69, 9.17) is 9.97 Å². The number of aromatic nitrogens is 5. The lowest BCUT2D eigenvalue weighted by Crippen LogP contribution is -2.63. The summed E-state index contributed by atoms with van der Waals surface area (Å²) in [7, 11) is 0. The molecule has 12 heteroatoms. The number of nitrogens with zero attached hydrogens (tertiary/aromatic N) is 7. The number of carbonyl (C=O) groups is 3. The molecule has 0 radical (unpaired) electrons. The molecule has 12 nitrogen and oxygen atoms in total. The Kier molecular flexibility index (Phi) is 9.55. The van der Waals surface area contributed by atoms with Gasteiger partial charge in [-0.15, -0.1) is 5.10 Å². The van der Waals surface area contributed by atoms with Crippen molar-refractivity contribution in [3.8, 4) is 0 Å². The fourth-order valence-electron chi connectivity index (χ4n) is 6.49. The Balaban J connectivity index is 1.21. The highest BCUT2D eigenvalue weighted by molar-refractivity contribution is 5.92. The van der Waals surface area contributed by atoms with Crippen molar-refractivity contribution in [3.63, 3.8) is 0 Å². The van der Waals surface area contributed by atoms with Crippen LogP contribution in [0, 0.1) is 0 Å². The molecule has 2 atom stereocenters. The number of fused-ring (bicyclic) bond motifs is 3. The highest BCUT2D eigenvalue weighted by atomic mass is 16.2. The standard InChI is InChI=1S/C32H41N9O3/c42-29-12-7-13-40-21-26(37-38-40)19-35-31(43)28-22-39(20-24-17-33-30(34-18-24)25-10-5-2-6-11-25)14-15-41(28)32(44)27(36-29)16-23-8-3-1-4-9-23/h1,3-4,8-9,17-18,21,25,27-28H,2,5-7,10-16,19-20,22H2,(H,35,43)(H,36,42)/t27-,28+/m0/s1. The first-order valence-electron chi connectivity index (χ1n) is 15.9. The molecule has 6 rings (SSSR count). The van der Waals surface area contributed by atoms with Crippen molar-refractivity contribution in [1.29, 1.82) is 0 Å². The number of amides is 3. The van der Waals surface area contributed by atoms with E-state index >= 15 is 0 Å². The molecule has 232 valence electrons. The van der Waals surface area contributed by atoms with Crippen molar-refractivity contribution in [2.24, 2.45) is 0 Å². The monoisotopic (exact) mass is 599 g/mol. The van der Waals surface area contributed by atoms with Gasteiger partial charge in [0, 0.05) is 69.4 Å². The van der Waals surface area contributed by atoms with Gasteiger partial charge in [0.05, 0.1) is 12.7 Å². The highest BCUT2D eigenvalue weighted by Crippen LogP contribution is 2.30. The summed E-state index contributed by atoms with van der Waals surface area (Å²) in [6.07, 6.45) is 12.8. The number of rotatable bonds is 5. The van der Waals surface area contributed by atoms with Gasteiger partial charge in [0.1, 0.15) is 23.6 Å². The van der Waals surface area contributed by atoms with E-state index in [2.05, 4.69) is 25.8 Å². The van der Waals surface area contributed by atoms with E-state index in [1.807, 2.05) is 42.7 Å². The molecular formula is C32H41N9O3. The first kappa shape index (κ1) is 29.9. The fraction of sp³-hybridized carbons (Fsp3) is 0.531. The van der Waals surface area contributed by atoms with Crippen LogP contribution in [0.3, 0.4) is 0 Å². The summed E-state index contributed by atoms with van der Waals surface area (Å²) in [5.74, 6) is 0.651. The Hall–Kier alpha value is -4.19. The van der Waals surface area contributed by atoms with Crippen LogP contribution in [-0.4, -0.2) is 84.2 Å². The zero-order chi connectivity index (χ0) is 30.3. The van der Waals surface area contributed by atoms with Gasteiger partial charge in [-0.25, -0.2) is 9.97 Å². The van der Waals surface area contributed by atoms with Crippen molar-refractivity contribution < 1.29 is 14.4 Å². The van der Waals surface area contributed by atoms with Gasteiger partial charge in [0.15, 0.2) is 0 Å². The van der Waals surface area contributed by atoms with E-state index in [0.717, 1.165) is 29.8 Å². The van der Waals surface area contributed by atoms with Gasteiger partial charge in [-0.3, -0.25) is 24.0 Å². The molecule has 1 saturated carbocycles. The molecular weight excluding hydrogens is 558 g/mol. The zero-order valence-electron chi connectivity index (χ0n) is 25.1. The highest BCUT2D eigenvalue weighted by Gasteiger charge is 2.38. The number of nitrogens with one attached hydrogen (secondary N) is 2. The SMILES string of the molecule is O=C1CCCn2cc(nn2)CNC(=O)[C@H]2CN(Cc3cnc(C4CCCCC4)nc3)CCN2C(=O)[C@H](Cc2ccccc2)N1. The minimum absolute atomic E-state index is 0.203. The molecule has 44 heavy (non-hydrogen) atoms. The smallest absolute Gasteiger partial charge is 0.246 e. The second-order valence-corrected chi connectivity index (χ2v) is 12.2. The summed E-state index contributed by atoms with van der Waals surface area (Å²) in [6.45, 7) is 2.59. The largest absolute Gasteiger partial charge is 0.348 e. The average Bonchev–Trinajstić information content (AvgIpc) is 3.51. The normalized spacial score (nSPS) is 22.8. The Morgan fingerprint density at radius 3 is 2.48 bits per heavy atom. The third kappa shape index (κ3) is 7.47. The van der Waals surface area contributed by atoms with Crippen LogP contribution in [0.2, 0.25) is 0 Å². The average molecular weight is 600 g/mol. The van der Waals surface area contributed by atoms with Crippen molar-refractivity contribution in [2.45, 2.75) is 89.0 Å². The lowest BCUT2D eigenvalue weighted by Gasteiger charge is -2.42. The van der Waals surface area contributed by atoms with E-state index in [1.165, 1.54) is 19.3 Å². The summed E-state index contributed by atoms with van der Waals surface area (Å²) in [5, 5.41) is 14.3. The zero-order valence-corrected chi connectivity index (χ0v) is 25.1. The minimum Gasteiger partial charge on any atom is -0.348 e. The van der Waals surface area contributed by atoms with Crippen LogP contribution in [0.25, 0.3) is 0 Å². The van der Waals surface area contributed by atoms with Gasteiger partial charge < -0.3 is 15.5 Å². The predicted octanol–water partition coefficient (Wildman–Crippen LogP) is 1.97.